The van der Waals surface area contributed by atoms with Gasteiger partial charge >= 0.3 is 0 Å². The Morgan fingerprint density at radius 2 is 2.57 bits per heavy atom. The van der Waals surface area contributed by atoms with Crippen LogP contribution < -0.4 is 10.3 Å². The van der Waals surface area contributed by atoms with Gasteiger partial charge in [-0.25, -0.2) is 0 Å². The average Bonchev–Trinajstić information content (AvgIpc) is 1.87. The highest BCUT2D eigenvalue weighted by molar-refractivity contribution is 5.74. The smallest absolute Gasteiger partial charge is 0.239 e. The van der Waals surface area contributed by atoms with E-state index in [1.54, 1.807) is 0 Å². The van der Waals surface area contributed by atoms with Crippen LogP contribution in [0.2, 0.25) is 0 Å². The molecular formula is C5H11N2+. The van der Waals surface area contributed by atoms with Crippen LogP contribution in [-0.2, 0) is 0 Å². The molecule has 1 rings (SSSR count). The number of rotatable bonds is 0. The highest BCUT2D eigenvalue weighted by atomic mass is 15.1. The quantitative estimate of drug-likeness (QED) is 0.379. The first kappa shape index (κ1) is 4.62. The number of amidine groups is 1. The van der Waals surface area contributed by atoms with Crippen molar-refractivity contribution in [2.75, 3.05) is 6.54 Å². The summed E-state index contributed by atoms with van der Waals surface area (Å²) < 4.78 is 0. The van der Waals surface area contributed by atoms with Gasteiger partial charge in [0.2, 0.25) is 5.84 Å². The second kappa shape index (κ2) is 1.52. The molecule has 40 valence electrons. The van der Waals surface area contributed by atoms with E-state index < -0.39 is 0 Å². The number of hydrogen-bond acceptors (Lipinski definition) is 1. The lowest BCUT2D eigenvalue weighted by Crippen LogP contribution is -2.70. The highest BCUT2D eigenvalue weighted by Crippen LogP contribution is 1.75. The van der Waals surface area contributed by atoms with E-state index in [1.165, 1.54) is 5.84 Å². The molecule has 0 radical (unpaired) electrons. The predicted octanol–water partition coefficient (Wildman–Crippen LogP) is -1.52. The SMILES string of the molecule is CC1=[NH+]C[C@@H](C)N1. The maximum Gasteiger partial charge on any atom is 0.239 e. The normalized spacial score (nSPS) is 29.4. The van der Waals surface area contributed by atoms with E-state index in [4.69, 9.17) is 0 Å². The molecule has 1 aliphatic heterocycles. The molecule has 0 bridgehead atoms. The third-order valence-electron chi connectivity index (χ3n) is 1.14. The van der Waals surface area contributed by atoms with Crippen LogP contribution in [0.1, 0.15) is 13.8 Å². The summed E-state index contributed by atoms with van der Waals surface area (Å²) in [5.41, 5.74) is 0. The summed E-state index contributed by atoms with van der Waals surface area (Å²) in [7, 11) is 0. The Labute approximate surface area is 43.6 Å². The van der Waals surface area contributed by atoms with Crippen molar-refractivity contribution < 1.29 is 4.99 Å². The minimum Gasteiger partial charge on any atom is -0.274 e. The molecule has 0 aromatic heterocycles. The molecule has 0 unspecified atom stereocenters. The van der Waals surface area contributed by atoms with E-state index in [1.807, 2.05) is 6.92 Å². The second-order valence-corrected chi connectivity index (χ2v) is 2.05. The zero-order chi connectivity index (χ0) is 5.28. The predicted molar refractivity (Wildman–Crippen MR) is 29.1 cm³/mol. The van der Waals surface area contributed by atoms with Crippen LogP contribution in [-0.4, -0.2) is 18.4 Å². The molecule has 7 heavy (non-hydrogen) atoms. The summed E-state index contributed by atoms with van der Waals surface area (Å²) in [5.74, 6) is 1.20. The minimum absolute atomic E-state index is 0.625. The van der Waals surface area contributed by atoms with Gasteiger partial charge in [0.1, 0.15) is 12.6 Å². The van der Waals surface area contributed by atoms with Gasteiger partial charge in [-0.2, -0.15) is 0 Å². The molecule has 0 fully saturated rings. The summed E-state index contributed by atoms with van der Waals surface area (Å²) >= 11 is 0. The zero-order valence-corrected chi connectivity index (χ0v) is 4.78. The van der Waals surface area contributed by atoms with Crippen molar-refractivity contribution >= 4 is 5.84 Å². The number of hydrogen-bond donors (Lipinski definition) is 2. The van der Waals surface area contributed by atoms with Gasteiger partial charge in [0.25, 0.3) is 0 Å². The molecule has 1 atom stereocenters. The molecule has 1 aliphatic rings. The van der Waals surface area contributed by atoms with Gasteiger partial charge in [0, 0.05) is 6.92 Å². The molecule has 0 aromatic rings. The fourth-order valence-corrected chi connectivity index (χ4v) is 0.778. The number of nitrogens with one attached hydrogen (secondary N) is 2. The molecule has 0 spiro atoms. The van der Waals surface area contributed by atoms with Crippen LogP contribution in [0.3, 0.4) is 0 Å². The van der Waals surface area contributed by atoms with E-state index in [0.717, 1.165) is 6.54 Å². The van der Waals surface area contributed by atoms with E-state index in [9.17, 15) is 0 Å². The molecule has 0 saturated carbocycles. The van der Waals surface area contributed by atoms with Crippen LogP contribution in [0.15, 0.2) is 0 Å². The van der Waals surface area contributed by atoms with Crippen LogP contribution in [0.25, 0.3) is 0 Å². The molecule has 0 aliphatic carbocycles. The lowest BCUT2D eigenvalue weighted by atomic mass is 10.4. The molecular weight excluding hydrogens is 88.1 g/mol. The Balaban J connectivity index is 2.42. The van der Waals surface area contributed by atoms with E-state index in [2.05, 4.69) is 17.2 Å². The molecule has 1 heterocycles. The topological polar surface area (TPSA) is 26.0 Å². The maximum atomic E-state index is 3.22. The summed E-state index contributed by atoms with van der Waals surface area (Å²) in [6.45, 7) is 5.28. The van der Waals surface area contributed by atoms with Crippen molar-refractivity contribution in [3.8, 4) is 0 Å². The minimum atomic E-state index is 0.625. The van der Waals surface area contributed by atoms with E-state index >= 15 is 0 Å². The molecule has 0 aromatic carbocycles. The summed E-state index contributed by atoms with van der Waals surface area (Å²) in [6, 6.07) is 0.625. The fraction of sp³-hybridized carbons (Fsp3) is 0.800. The maximum absolute atomic E-state index is 3.22. The Morgan fingerprint density at radius 3 is 2.71 bits per heavy atom. The zero-order valence-electron chi connectivity index (χ0n) is 4.78. The Bertz CT molecular complexity index is 96.3. The van der Waals surface area contributed by atoms with Crippen LogP contribution >= 0.6 is 0 Å². The van der Waals surface area contributed by atoms with Crippen molar-refractivity contribution in [1.82, 2.24) is 5.32 Å². The van der Waals surface area contributed by atoms with Crippen molar-refractivity contribution in [3.05, 3.63) is 0 Å². The summed E-state index contributed by atoms with van der Waals surface area (Å²) in [6.07, 6.45) is 0. The lowest BCUT2D eigenvalue weighted by Gasteiger charge is -1.90. The first-order valence-corrected chi connectivity index (χ1v) is 2.63. The Kier molecular flexibility index (Phi) is 1.01. The van der Waals surface area contributed by atoms with Crippen molar-refractivity contribution in [1.29, 1.82) is 0 Å². The molecule has 0 saturated heterocycles. The van der Waals surface area contributed by atoms with Gasteiger partial charge in [-0.05, 0) is 6.92 Å². The third kappa shape index (κ3) is 0.918. The average molecular weight is 99.2 g/mol. The van der Waals surface area contributed by atoms with Crippen LogP contribution in [0.5, 0.6) is 0 Å². The molecule has 2 N–H and O–H groups in total. The lowest BCUT2D eigenvalue weighted by molar-refractivity contribution is -0.448. The first-order chi connectivity index (χ1) is 3.29. The Hall–Kier alpha value is -0.530. The van der Waals surface area contributed by atoms with Gasteiger partial charge in [-0.3, -0.25) is 10.3 Å². The fourth-order valence-electron chi connectivity index (χ4n) is 0.778. The second-order valence-electron chi connectivity index (χ2n) is 2.05. The molecule has 2 heteroatoms. The van der Waals surface area contributed by atoms with Gasteiger partial charge in [0.05, 0.1) is 0 Å². The first-order valence-electron chi connectivity index (χ1n) is 2.63. The van der Waals surface area contributed by atoms with Gasteiger partial charge in [-0.15, -0.1) is 0 Å². The molecule has 2 nitrogen and oxygen atoms in total. The monoisotopic (exact) mass is 99.1 g/mol. The Morgan fingerprint density at radius 1 is 1.86 bits per heavy atom. The summed E-state index contributed by atoms with van der Waals surface area (Å²) in [5, 5.41) is 3.22. The largest absolute Gasteiger partial charge is 0.274 e. The van der Waals surface area contributed by atoms with Crippen LogP contribution in [0, 0.1) is 0 Å². The standard InChI is InChI=1S/C5H10N2/c1-4-3-6-5(2)7-4/h4H,3H2,1-2H3,(H,6,7)/p+1/t4-/m1/s1. The van der Waals surface area contributed by atoms with Crippen molar-refractivity contribution in [2.24, 2.45) is 0 Å². The van der Waals surface area contributed by atoms with Crippen molar-refractivity contribution in [2.45, 2.75) is 19.9 Å². The van der Waals surface area contributed by atoms with Crippen LogP contribution in [0.4, 0.5) is 0 Å². The van der Waals surface area contributed by atoms with E-state index in [0.29, 0.717) is 6.04 Å². The molecule has 0 amide bonds. The third-order valence-corrected chi connectivity index (χ3v) is 1.14. The highest BCUT2D eigenvalue weighted by Gasteiger charge is 2.13. The van der Waals surface area contributed by atoms with Crippen molar-refractivity contribution in [3.63, 3.8) is 0 Å². The van der Waals surface area contributed by atoms with Gasteiger partial charge < -0.3 is 0 Å². The van der Waals surface area contributed by atoms with Gasteiger partial charge in [-0.1, -0.05) is 0 Å². The summed E-state index contributed by atoms with van der Waals surface area (Å²) in [4.78, 5) is 3.17. The van der Waals surface area contributed by atoms with E-state index in [-0.39, 0.29) is 0 Å². The van der Waals surface area contributed by atoms with Gasteiger partial charge in [0.15, 0.2) is 0 Å².